The zero-order valence-corrected chi connectivity index (χ0v) is 17.7. The predicted molar refractivity (Wildman–Crippen MR) is 106 cm³/mol. The molecule has 10 nitrogen and oxygen atoms in total. The summed E-state index contributed by atoms with van der Waals surface area (Å²) in [4.78, 5) is 20.8. The van der Waals surface area contributed by atoms with Crippen LogP contribution < -0.4 is 27.4 Å². The maximum absolute atomic E-state index is 12.3. The van der Waals surface area contributed by atoms with Crippen molar-refractivity contribution in [3.05, 3.63) is 0 Å². The number of hydrogen-bond acceptors (Lipinski definition) is 8. The fraction of sp³-hybridized carbons (Fsp3) is 1.00. The van der Waals surface area contributed by atoms with Gasteiger partial charge in [0.25, 0.3) is 0 Å². The second kappa shape index (κ2) is 10.6. The van der Waals surface area contributed by atoms with Gasteiger partial charge in [-0.2, -0.15) is 0 Å². The highest BCUT2D eigenvalue weighted by Crippen LogP contribution is 2.47. The summed E-state index contributed by atoms with van der Waals surface area (Å²) in [6.07, 6.45) is -0.153. The lowest BCUT2D eigenvalue weighted by Crippen LogP contribution is -2.58. The molecule has 0 aliphatic carbocycles. The van der Waals surface area contributed by atoms with Crippen LogP contribution in [0.15, 0.2) is 0 Å². The van der Waals surface area contributed by atoms with Gasteiger partial charge in [-0.05, 0) is 13.8 Å². The van der Waals surface area contributed by atoms with E-state index in [1.165, 1.54) is 0 Å². The van der Waals surface area contributed by atoms with Crippen molar-refractivity contribution in [2.75, 3.05) is 64.5 Å². The fourth-order valence-electron chi connectivity index (χ4n) is 2.94. The molecule has 1 heterocycles. The highest BCUT2D eigenvalue weighted by molar-refractivity contribution is 7.68. The molecular weight excluding hydrogens is 378 g/mol. The Hall–Kier alpha value is 0.140. The quantitative estimate of drug-likeness (QED) is 0.260. The van der Waals surface area contributed by atoms with E-state index in [4.69, 9.17) is 16.4 Å². The van der Waals surface area contributed by atoms with E-state index in [2.05, 4.69) is 16.0 Å². The molecule has 0 saturated carbocycles. The molecule has 26 heavy (non-hydrogen) atoms. The SMILES string of the molecule is CC1(N)CNCCNCC(C)(N)CN(CP(=O)(O)C[PH](=O)O)CCNC1. The molecule has 0 aromatic heterocycles. The van der Waals surface area contributed by atoms with E-state index >= 15 is 0 Å². The zero-order chi connectivity index (χ0) is 19.8. The van der Waals surface area contributed by atoms with Gasteiger partial charge < -0.3 is 37.2 Å². The number of nitrogens with one attached hydrogen (secondary N) is 3. The van der Waals surface area contributed by atoms with Crippen LogP contribution in [0.1, 0.15) is 13.8 Å². The molecule has 0 radical (unpaired) electrons. The Kier molecular flexibility index (Phi) is 9.88. The number of rotatable bonds is 4. The molecule has 156 valence electrons. The molecule has 1 saturated heterocycles. The number of hydrogen-bond donors (Lipinski definition) is 7. The summed E-state index contributed by atoms with van der Waals surface area (Å²) in [5, 5.41) is 9.88. The molecule has 4 unspecified atom stereocenters. The molecular formula is C14H36N6O4P2. The highest BCUT2D eigenvalue weighted by Gasteiger charge is 2.29. The van der Waals surface area contributed by atoms with E-state index in [0.717, 1.165) is 13.1 Å². The van der Waals surface area contributed by atoms with Crippen LogP contribution >= 0.6 is 15.4 Å². The molecule has 0 bridgehead atoms. The molecule has 9 N–H and O–H groups in total. The Morgan fingerprint density at radius 3 is 2.12 bits per heavy atom. The van der Waals surface area contributed by atoms with Crippen LogP contribution in [0, 0.1) is 0 Å². The maximum Gasteiger partial charge on any atom is 0.223 e. The van der Waals surface area contributed by atoms with Crippen molar-refractivity contribution in [2.45, 2.75) is 24.9 Å². The molecule has 1 aliphatic rings. The fourth-order valence-corrected chi connectivity index (χ4v) is 5.90. The first-order valence-electron chi connectivity index (χ1n) is 8.86. The molecule has 1 rings (SSSR count). The number of nitrogens with zero attached hydrogens (tertiary/aromatic N) is 1. The van der Waals surface area contributed by atoms with Gasteiger partial charge >= 0.3 is 0 Å². The lowest BCUT2D eigenvalue weighted by Gasteiger charge is -2.34. The molecule has 0 amide bonds. The topological polar surface area (TPSA) is 166 Å². The van der Waals surface area contributed by atoms with Crippen LogP contribution in [0.4, 0.5) is 0 Å². The summed E-state index contributed by atoms with van der Waals surface area (Å²) >= 11 is 0. The minimum atomic E-state index is -3.72. The van der Waals surface area contributed by atoms with Gasteiger partial charge in [0.2, 0.25) is 7.37 Å². The first-order chi connectivity index (χ1) is 11.9. The second-order valence-electron chi connectivity index (χ2n) is 7.93. The van der Waals surface area contributed by atoms with E-state index in [1.54, 1.807) is 4.90 Å². The maximum atomic E-state index is 12.3. The van der Waals surface area contributed by atoms with E-state index in [1.807, 2.05) is 13.8 Å². The Morgan fingerprint density at radius 1 is 1.08 bits per heavy atom. The van der Waals surface area contributed by atoms with Crippen LogP contribution in [-0.2, 0) is 9.13 Å². The molecule has 0 aromatic carbocycles. The lowest BCUT2D eigenvalue weighted by atomic mass is 10.0. The second-order valence-corrected chi connectivity index (χ2v) is 12.0. The van der Waals surface area contributed by atoms with Gasteiger partial charge in [-0.3, -0.25) is 14.0 Å². The van der Waals surface area contributed by atoms with Crippen molar-refractivity contribution in [2.24, 2.45) is 11.5 Å². The largest absolute Gasteiger partial charge is 0.346 e. The van der Waals surface area contributed by atoms with Crippen LogP contribution in [0.25, 0.3) is 0 Å². The molecule has 0 aromatic rings. The smallest absolute Gasteiger partial charge is 0.223 e. The summed E-state index contributed by atoms with van der Waals surface area (Å²) in [6, 6.07) is 0. The van der Waals surface area contributed by atoms with Crippen molar-refractivity contribution in [3.63, 3.8) is 0 Å². The Morgan fingerprint density at radius 2 is 1.58 bits per heavy atom. The van der Waals surface area contributed by atoms with E-state index < -0.39 is 32.4 Å². The monoisotopic (exact) mass is 414 g/mol. The van der Waals surface area contributed by atoms with Crippen LogP contribution in [0.3, 0.4) is 0 Å². The van der Waals surface area contributed by atoms with Gasteiger partial charge in [0.15, 0.2) is 8.03 Å². The normalized spacial score (nSPS) is 34.5. The van der Waals surface area contributed by atoms with Crippen molar-refractivity contribution < 1.29 is 18.9 Å². The van der Waals surface area contributed by atoms with Gasteiger partial charge in [0.05, 0.1) is 6.29 Å². The summed E-state index contributed by atoms with van der Waals surface area (Å²) < 4.78 is 23.3. The predicted octanol–water partition coefficient (Wildman–Crippen LogP) is -1.84. The first kappa shape index (κ1) is 24.2. The minimum absolute atomic E-state index is 0.153. The van der Waals surface area contributed by atoms with E-state index in [9.17, 15) is 14.0 Å². The van der Waals surface area contributed by atoms with Crippen molar-refractivity contribution >= 4 is 15.4 Å². The molecule has 1 aliphatic heterocycles. The Labute approximate surface area is 156 Å². The summed E-state index contributed by atoms with van der Waals surface area (Å²) in [5.74, 6) is -0.562. The Bertz CT molecular complexity index is 506. The highest BCUT2D eigenvalue weighted by atomic mass is 31.2. The third kappa shape index (κ3) is 11.1. The molecule has 1 fully saturated rings. The average molecular weight is 414 g/mol. The molecule has 4 atom stereocenters. The van der Waals surface area contributed by atoms with E-state index in [0.29, 0.717) is 39.3 Å². The number of nitrogens with two attached hydrogens (primary N) is 2. The van der Waals surface area contributed by atoms with E-state index in [-0.39, 0.29) is 6.29 Å². The summed E-state index contributed by atoms with van der Waals surface area (Å²) in [6.45, 7) is 8.62. The third-order valence-electron chi connectivity index (χ3n) is 4.06. The summed E-state index contributed by atoms with van der Waals surface area (Å²) in [5.41, 5.74) is 11.6. The molecule has 0 spiro atoms. The van der Waals surface area contributed by atoms with Crippen LogP contribution in [0.2, 0.25) is 0 Å². The van der Waals surface area contributed by atoms with Gasteiger partial charge in [-0.1, -0.05) is 0 Å². The van der Waals surface area contributed by atoms with Gasteiger partial charge in [0.1, 0.15) is 5.90 Å². The van der Waals surface area contributed by atoms with Gasteiger partial charge in [0, 0.05) is 63.4 Å². The van der Waals surface area contributed by atoms with Crippen LogP contribution in [-0.4, -0.2) is 90.3 Å². The van der Waals surface area contributed by atoms with Gasteiger partial charge in [-0.25, -0.2) is 0 Å². The average Bonchev–Trinajstić information content (AvgIpc) is 2.44. The van der Waals surface area contributed by atoms with Crippen molar-refractivity contribution in [1.29, 1.82) is 0 Å². The summed E-state index contributed by atoms with van der Waals surface area (Å²) in [7, 11) is -6.73. The van der Waals surface area contributed by atoms with Gasteiger partial charge in [-0.15, -0.1) is 0 Å². The van der Waals surface area contributed by atoms with Crippen LogP contribution in [0.5, 0.6) is 0 Å². The first-order valence-corrected chi connectivity index (χ1v) is 12.5. The lowest BCUT2D eigenvalue weighted by molar-refractivity contribution is 0.230. The standard InChI is InChI=1S/C14H36N6O4P2/c1-13(15)7-17-3-4-18-9-14(2,16)10-20(6-5-19-8-13)11-26(23,24)12-25(21)22/h17-19,25H,3-12,15-16H2,1-2H3,(H,21,22)(H,23,24). The molecule has 12 heteroatoms. The minimum Gasteiger partial charge on any atom is -0.346 e. The van der Waals surface area contributed by atoms with Crippen molar-refractivity contribution in [3.8, 4) is 0 Å². The Balaban J connectivity index is 2.77. The van der Waals surface area contributed by atoms with Crippen molar-refractivity contribution in [1.82, 2.24) is 20.9 Å². The third-order valence-corrected chi connectivity index (χ3v) is 7.96. The zero-order valence-electron chi connectivity index (χ0n) is 15.8.